The molecule has 5 heteroatoms. The summed E-state index contributed by atoms with van der Waals surface area (Å²) in [7, 11) is 0. The Morgan fingerprint density at radius 3 is 3.12 bits per heavy atom. The van der Waals surface area contributed by atoms with Gasteiger partial charge in [0.25, 0.3) is 0 Å². The highest BCUT2D eigenvalue weighted by Crippen LogP contribution is 2.47. The summed E-state index contributed by atoms with van der Waals surface area (Å²) in [6.07, 6.45) is 2.62. The third-order valence-corrected chi connectivity index (χ3v) is 4.03. The zero-order valence-electron chi connectivity index (χ0n) is 9.66. The van der Waals surface area contributed by atoms with Crippen LogP contribution in [0.3, 0.4) is 0 Å². The van der Waals surface area contributed by atoms with E-state index in [0.717, 1.165) is 29.7 Å². The van der Waals surface area contributed by atoms with Crippen molar-refractivity contribution in [1.29, 1.82) is 0 Å². The average Bonchev–Trinajstić information content (AvgIpc) is 2.64. The molecule has 0 aliphatic heterocycles. The minimum absolute atomic E-state index is 0.226. The number of carbonyl (C=O) groups is 1. The van der Waals surface area contributed by atoms with Gasteiger partial charge >= 0.3 is 5.97 Å². The van der Waals surface area contributed by atoms with E-state index in [9.17, 15) is 4.79 Å². The van der Waals surface area contributed by atoms with Crippen LogP contribution in [0.1, 0.15) is 36.1 Å². The zero-order valence-corrected chi connectivity index (χ0v) is 10.5. The largest absolute Gasteiger partial charge is 0.466 e. The van der Waals surface area contributed by atoms with E-state index >= 15 is 0 Å². The first-order valence-electron chi connectivity index (χ1n) is 5.64. The van der Waals surface area contributed by atoms with Crippen molar-refractivity contribution in [3.63, 3.8) is 0 Å². The maximum atomic E-state index is 11.9. The third-order valence-electron chi connectivity index (χ3n) is 2.95. The van der Waals surface area contributed by atoms with Crippen LogP contribution in [0.15, 0.2) is 0 Å². The fourth-order valence-corrected chi connectivity index (χ4v) is 3.36. The number of esters is 1. The Labute approximate surface area is 104 Å². The van der Waals surface area contributed by atoms with Gasteiger partial charge in [0, 0.05) is 0 Å². The molecule has 90 valence electrons. The second-order valence-corrected chi connectivity index (χ2v) is 5.10. The zero-order chi connectivity index (χ0) is 12.4. The quantitative estimate of drug-likeness (QED) is 0.648. The molecule has 0 radical (unpaired) electrons. The molecule has 0 saturated heterocycles. The van der Waals surface area contributed by atoms with Crippen LogP contribution in [-0.4, -0.2) is 12.6 Å². The third kappa shape index (κ3) is 2.01. The summed E-state index contributed by atoms with van der Waals surface area (Å²) >= 11 is 1.44. The molecule has 1 aliphatic carbocycles. The molecule has 0 saturated carbocycles. The number of ether oxygens (including phenoxy) is 1. The number of aryl methyl sites for hydroxylation is 1. The van der Waals surface area contributed by atoms with Gasteiger partial charge in [-0.2, -0.15) is 0 Å². The second kappa shape index (κ2) is 4.76. The number of nitrogen functional groups attached to an aromatic ring is 1. The summed E-state index contributed by atoms with van der Waals surface area (Å²) in [4.78, 5) is 16.4. The second-order valence-electron chi connectivity index (χ2n) is 3.96. The van der Waals surface area contributed by atoms with Gasteiger partial charge in [0.15, 0.2) is 0 Å². The lowest BCUT2D eigenvalue weighted by Gasteiger charge is -2.21. The Hall–Kier alpha value is -1.54. The number of nitrogens with two attached hydrogens (primary N) is 1. The van der Waals surface area contributed by atoms with E-state index in [4.69, 9.17) is 17.0 Å². The molecule has 17 heavy (non-hydrogen) atoms. The van der Waals surface area contributed by atoms with Crippen LogP contribution in [0, 0.1) is 6.57 Å². The predicted octanol–water partition coefficient (Wildman–Crippen LogP) is 2.86. The van der Waals surface area contributed by atoms with E-state index in [1.165, 1.54) is 11.3 Å². The first-order valence-corrected chi connectivity index (χ1v) is 6.45. The number of thiophene rings is 1. The minimum atomic E-state index is -0.295. The van der Waals surface area contributed by atoms with E-state index in [1.54, 1.807) is 6.92 Å². The number of anilines is 1. The fourth-order valence-electron chi connectivity index (χ4n) is 2.25. The lowest BCUT2D eigenvalue weighted by molar-refractivity contribution is -0.145. The van der Waals surface area contributed by atoms with Gasteiger partial charge in [-0.3, -0.25) is 4.79 Å². The summed E-state index contributed by atoms with van der Waals surface area (Å²) in [5.41, 5.74) is 7.11. The molecule has 1 aromatic rings. The molecule has 0 aromatic carbocycles. The van der Waals surface area contributed by atoms with Crippen molar-refractivity contribution in [1.82, 2.24) is 0 Å². The molecule has 1 unspecified atom stereocenters. The summed E-state index contributed by atoms with van der Waals surface area (Å²) in [5, 5.41) is 0.529. The van der Waals surface area contributed by atoms with Gasteiger partial charge in [-0.1, -0.05) is 0 Å². The minimum Gasteiger partial charge on any atom is -0.466 e. The summed E-state index contributed by atoms with van der Waals surface area (Å²) in [5.74, 6) is -0.521. The van der Waals surface area contributed by atoms with Crippen molar-refractivity contribution in [3.05, 3.63) is 21.9 Å². The molecule has 1 atom stereocenters. The summed E-state index contributed by atoms with van der Waals surface area (Å²) in [6, 6.07) is 0. The summed E-state index contributed by atoms with van der Waals surface area (Å²) < 4.78 is 5.07. The van der Waals surface area contributed by atoms with Gasteiger partial charge in [0.1, 0.15) is 0 Å². The number of nitrogens with zero attached hydrogens (tertiary/aromatic N) is 1. The molecule has 0 bridgehead atoms. The van der Waals surface area contributed by atoms with E-state index in [2.05, 4.69) is 4.85 Å². The smallest absolute Gasteiger partial charge is 0.312 e. The average molecular weight is 250 g/mol. The molecule has 4 nitrogen and oxygen atoms in total. The van der Waals surface area contributed by atoms with Gasteiger partial charge in [-0.25, -0.2) is 4.85 Å². The number of hydrogen-bond acceptors (Lipinski definition) is 4. The first-order chi connectivity index (χ1) is 8.19. The van der Waals surface area contributed by atoms with Crippen molar-refractivity contribution in [3.8, 4) is 0 Å². The molecule has 0 spiro atoms. The molecule has 1 heterocycles. The van der Waals surface area contributed by atoms with Gasteiger partial charge in [-0.05, 0) is 36.6 Å². The van der Waals surface area contributed by atoms with Crippen LogP contribution in [0.4, 0.5) is 10.7 Å². The van der Waals surface area contributed by atoms with Gasteiger partial charge < -0.3 is 10.5 Å². The summed E-state index contributed by atoms with van der Waals surface area (Å²) in [6.45, 7) is 9.34. The fraction of sp³-hybridized carbons (Fsp3) is 0.500. The standard InChI is InChI=1S/C12H14N2O2S/c1-3-16-12(15)7-5-4-6-8-9(7)10(14-2)11(13)17-8/h7H,3-6,13H2,1H3. The normalized spacial score (nSPS) is 18.2. The number of hydrogen-bond donors (Lipinski definition) is 1. The molecule has 1 aromatic heterocycles. The topological polar surface area (TPSA) is 56.7 Å². The number of carbonyl (C=O) groups excluding carboxylic acids is 1. The van der Waals surface area contributed by atoms with Crippen LogP contribution in [0.2, 0.25) is 0 Å². The maximum absolute atomic E-state index is 11.9. The van der Waals surface area contributed by atoms with Gasteiger partial charge in [0.2, 0.25) is 5.69 Å². The lowest BCUT2D eigenvalue weighted by Crippen LogP contribution is -2.19. The monoisotopic (exact) mass is 250 g/mol. The maximum Gasteiger partial charge on any atom is 0.312 e. The molecule has 2 N–H and O–H groups in total. The molecule has 0 fully saturated rings. The molecule has 2 rings (SSSR count). The van der Waals surface area contributed by atoms with Gasteiger partial charge in [0.05, 0.1) is 24.1 Å². The van der Waals surface area contributed by atoms with E-state index in [-0.39, 0.29) is 11.9 Å². The molecule has 1 aliphatic rings. The van der Waals surface area contributed by atoms with Crippen LogP contribution in [0.25, 0.3) is 4.85 Å². The van der Waals surface area contributed by atoms with Gasteiger partial charge in [-0.15, -0.1) is 11.3 Å². The van der Waals surface area contributed by atoms with Crippen molar-refractivity contribution in [2.75, 3.05) is 12.3 Å². The molecular formula is C12H14N2O2S. The molecular weight excluding hydrogens is 236 g/mol. The Morgan fingerprint density at radius 1 is 1.71 bits per heavy atom. The predicted molar refractivity (Wildman–Crippen MR) is 67.3 cm³/mol. The van der Waals surface area contributed by atoms with E-state index in [0.29, 0.717) is 17.3 Å². The van der Waals surface area contributed by atoms with Crippen molar-refractivity contribution < 1.29 is 9.53 Å². The Kier molecular flexibility index (Phi) is 3.34. The highest BCUT2D eigenvalue weighted by molar-refractivity contribution is 7.16. The SMILES string of the molecule is [C-]#[N+]c1c(N)sc2c1C(C(=O)OCC)CCC2. The van der Waals surface area contributed by atoms with Crippen LogP contribution in [0.5, 0.6) is 0 Å². The van der Waals surface area contributed by atoms with Crippen LogP contribution >= 0.6 is 11.3 Å². The van der Waals surface area contributed by atoms with Crippen LogP contribution < -0.4 is 5.73 Å². The Bertz CT molecular complexity index is 487. The lowest BCUT2D eigenvalue weighted by atomic mass is 9.87. The number of fused-ring (bicyclic) bond motifs is 1. The van der Waals surface area contributed by atoms with Crippen molar-refractivity contribution in [2.24, 2.45) is 0 Å². The molecule has 0 amide bonds. The number of rotatable bonds is 2. The van der Waals surface area contributed by atoms with Crippen LogP contribution in [-0.2, 0) is 16.0 Å². The van der Waals surface area contributed by atoms with Crippen molar-refractivity contribution in [2.45, 2.75) is 32.1 Å². The van der Waals surface area contributed by atoms with E-state index in [1.807, 2.05) is 0 Å². The highest BCUT2D eigenvalue weighted by atomic mass is 32.1. The first kappa shape index (κ1) is 11.9. The van der Waals surface area contributed by atoms with E-state index < -0.39 is 0 Å². The Balaban J connectivity index is 2.43. The Morgan fingerprint density at radius 2 is 2.47 bits per heavy atom. The highest BCUT2D eigenvalue weighted by Gasteiger charge is 2.32. The van der Waals surface area contributed by atoms with Crippen molar-refractivity contribution >= 4 is 28.0 Å².